The van der Waals surface area contributed by atoms with Crippen molar-refractivity contribution in [1.29, 1.82) is 0 Å². The second-order valence-electron chi connectivity index (χ2n) is 4.64. The van der Waals surface area contributed by atoms with Crippen molar-refractivity contribution in [3.05, 3.63) is 51.9 Å². The highest BCUT2D eigenvalue weighted by molar-refractivity contribution is 5.53. The molecule has 0 unspecified atom stereocenters. The van der Waals surface area contributed by atoms with Crippen LogP contribution in [-0.2, 0) is 0 Å². The maximum atomic E-state index is 11.3. The molecule has 0 spiro atoms. The van der Waals surface area contributed by atoms with E-state index in [-0.39, 0.29) is 5.56 Å². The number of aryl methyl sites for hydroxylation is 1. The zero-order valence-corrected chi connectivity index (χ0v) is 10.8. The van der Waals surface area contributed by atoms with Gasteiger partial charge in [-0.1, -0.05) is 26.0 Å². The minimum atomic E-state index is -0.149. The number of aromatic amines is 1. The summed E-state index contributed by atoms with van der Waals surface area (Å²) in [6.07, 6.45) is 0. The summed E-state index contributed by atoms with van der Waals surface area (Å²) in [5.74, 6) is 0.980. The van der Waals surface area contributed by atoms with Gasteiger partial charge in [-0.25, -0.2) is 4.98 Å². The Balaban J connectivity index is 2.20. The quantitative estimate of drug-likeness (QED) is 0.871. The zero-order valence-electron chi connectivity index (χ0n) is 10.8. The molecule has 4 nitrogen and oxygen atoms in total. The van der Waals surface area contributed by atoms with Gasteiger partial charge in [-0.2, -0.15) is 0 Å². The molecule has 0 fully saturated rings. The molecule has 2 rings (SSSR count). The first-order valence-electron chi connectivity index (χ1n) is 5.99. The van der Waals surface area contributed by atoms with Crippen LogP contribution in [-0.4, -0.2) is 9.97 Å². The third kappa shape index (κ3) is 2.97. The lowest BCUT2D eigenvalue weighted by Gasteiger charge is -2.08. The van der Waals surface area contributed by atoms with E-state index in [9.17, 15) is 4.79 Å². The standard InChI is InChI=1S/C14H17N3O/c1-9(2)11-4-6-12(7-5-11)16-14-15-10(3)8-13(18)17-14/h4-9H,1-3H3,(H2,15,16,17,18). The molecule has 0 saturated heterocycles. The van der Waals surface area contributed by atoms with Gasteiger partial charge in [0.05, 0.1) is 0 Å². The Kier molecular flexibility index (Phi) is 3.46. The predicted molar refractivity (Wildman–Crippen MR) is 73.4 cm³/mol. The number of hydrogen-bond acceptors (Lipinski definition) is 3. The first-order chi connectivity index (χ1) is 8.54. The Hall–Kier alpha value is -2.10. The third-order valence-electron chi connectivity index (χ3n) is 2.71. The summed E-state index contributed by atoms with van der Waals surface area (Å²) in [5.41, 5.74) is 2.74. The average molecular weight is 243 g/mol. The number of nitrogens with zero attached hydrogens (tertiary/aromatic N) is 1. The number of nitrogens with one attached hydrogen (secondary N) is 2. The molecule has 1 aromatic heterocycles. The molecule has 2 N–H and O–H groups in total. The molecule has 0 aliphatic heterocycles. The summed E-state index contributed by atoms with van der Waals surface area (Å²) < 4.78 is 0. The van der Waals surface area contributed by atoms with E-state index in [4.69, 9.17) is 0 Å². The molecular weight excluding hydrogens is 226 g/mol. The molecule has 1 aromatic carbocycles. The summed E-state index contributed by atoms with van der Waals surface area (Å²) >= 11 is 0. The van der Waals surface area contributed by atoms with Gasteiger partial charge in [0.25, 0.3) is 5.56 Å². The van der Waals surface area contributed by atoms with Gasteiger partial charge in [-0.05, 0) is 30.5 Å². The van der Waals surface area contributed by atoms with Crippen LogP contribution >= 0.6 is 0 Å². The van der Waals surface area contributed by atoms with Crippen molar-refractivity contribution in [1.82, 2.24) is 9.97 Å². The van der Waals surface area contributed by atoms with Crippen LogP contribution in [0.4, 0.5) is 11.6 Å². The first kappa shape index (κ1) is 12.4. The normalized spacial score (nSPS) is 10.7. The van der Waals surface area contributed by atoms with E-state index >= 15 is 0 Å². The fourth-order valence-electron chi connectivity index (χ4n) is 1.73. The topological polar surface area (TPSA) is 57.8 Å². The van der Waals surface area contributed by atoms with Crippen LogP contribution in [0.3, 0.4) is 0 Å². The lowest BCUT2D eigenvalue weighted by molar-refractivity contribution is 0.867. The van der Waals surface area contributed by atoms with E-state index in [0.29, 0.717) is 17.6 Å². The van der Waals surface area contributed by atoms with Gasteiger partial charge in [-0.3, -0.25) is 9.78 Å². The minimum absolute atomic E-state index is 0.149. The van der Waals surface area contributed by atoms with E-state index in [1.165, 1.54) is 11.6 Å². The van der Waals surface area contributed by atoms with Crippen molar-refractivity contribution in [2.45, 2.75) is 26.7 Å². The molecular formula is C14H17N3O. The first-order valence-corrected chi connectivity index (χ1v) is 5.99. The molecule has 4 heteroatoms. The van der Waals surface area contributed by atoms with E-state index in [2.05, 4.69) is 41.3 Å². The molecule has 0 saturated carbocycles. The van der Waals surface area contributed by atoms with Crippen molar-refractivity contribution in [3.63, 3.8) is 0 Å². The van der Waals surface area contributed by atoms with E-state index in [1.54, 1.807) is 6.92 Å². The van der Waals surface area contributed by atoms with Gasteiger partial charge in [0.15, 0.2) is 0 Å². The van der Waals surface area contributed by atoms with Gasteiger partial charge in [0.2, 0.25) is 5.95 Å². The molecule has 0 atom stereocenters. The molecule has 18 heavy (non-hydrogen) atoms. The smallest absolute Gasteiger partial charge is 0.252 e. The van der Waals surface area contributed by atoms with Crippen LogP contribution in [0.1, 0.15) is 31.0 Å². The molecule has 0 aliphatic rings. The van der Waals surface area contributed by atoms with Crippen LogP contribution in [0.15, 0.2) is 35.1 Å². The Labute approximate surface area is 106 Å². The Bertz CT molecular complexity index is 585. The summed E-state index contributed by atoms with van der Waals surface area (Å²) in [5, 5.41) is 3.09. The van der Waals surface area contributed by atoms with Crippen LogP contribution in [0, 0.1) is 6.92 Å². The maximum absolute atomic E-state index is 11.3. The highest BCUT2D eigenvalue weighted by atomic mass is 16.1. The Morgan fingerprint density at radius 1 is 1.22 bits per heavy atom. The molecule has 2 aromatic rings. The maximum Gasteiger partial charge on any atom is 0.252 e. The summed E-state index contributed by atoms with van der Waals surface area (Å²) in [6, 6.07) is 9.57. The fraction of sp³-hybridized carbons (Fsp3) is 0.286. The highest BCUT2D eigenvalue weighted by Gasteiger charge is 2.01. The van der Waals surface area contributed by atoms with Gasteiger partial charge < -0.3 is 5.32 Å². The van der Waals surface area contributed by atoms with Crippen LogP contribution < -0.4 is 10.9 Å². The van der Waals surface area contributed by atoms with Gasteiger partial charge in [0.1, 0.15) is 0 Å². The molecule has 94 valence electrons. The van der Waals surface area contributed by atoms with Crippen LogP contribution in [0.2, 0.25) is 0 Å². The average Bonchev–Trinajstić information content (AvgIpc) is 2.28. The van der Waals surface area contributed by atoms with Gasteiger partial charge in [0, 0.05) is 17.4 Å². The van der Waals surface area contributed by atoms with Crippen molar-refractivity contribution < 1.29 is 0 Å². The van der Waals surface area contributed by atoms with E-state index < -0.39 is 0 Å². The number of aromatic nitrogens is 2. The molecule has 0 aliphatic carbocycles. The van der Waals surface area contributed by atoms with Gasteiger partial charge >= 0.3 is 0 Å². The predicted octanol–water partition coefficient (Wildman–Crippen LogP) is 2.95. The second-order valence-corrected chi connectivity index (χ2v) is 4.64. The SMILES string of the molecule is Cc1cc(=O)[nH]c(Nc2ccc(C(C)C)cc2)n1. The van der Waals surface area contributed by atoms with Crippen LogP contribution in [0.5, 0.6) is 0 Å². The molecule has 0 amide bonds. The van der Waals surface area contributed by atoms with E-state index in [0.717, 1.165) is 5.69 Å². The summed E-state index contributed by atoms with van der Waals surface area (Å²) in [7, 11) is 0. The minimum Gasteiger partial charge on any atom is -0.326 e. The number of benzene rings is 1. The number of H-pyrrole nitrogens is 1. The zero-order chi connectivity index (χ0) is 13.1. The summed E-state index contributed by atoms with van der Waals surface area (Å²) in [6.45, 7) is 6.10. The Morgan fingerprint density at radius 3 is 2.44 bits per heavy atom. The highest BCUT2D eigenvalue weighted by Crippen LogP contribution is 2.18. The largest absolute Gasteiger partial charge is 0.326 e. The van der Waals surface area contributed by atoms with Crippen molar-refractivity contribution in [3.8, 4) is 0 Å². The Morgan fingerprint density at radius 2 is 1.89 bits per heavy atom. The van der Waals surface area contributed by atoms with E-state index in [1.807, 2.05) is 12.1 Å². The monoisotopic (exact) mass is 243 g/mol. The molecule has 1 heterocycles. The summed E-state index contributed by atoms with van der Waals surface area (Å²) in [4.78, 5) is 18.2. The number of anilines is 2. The fourth-order valence-corrected chi connectivity index (χ4v) is 1.73. The van der Waals surface area contributed by atoms with Gasteiger partial charge in [-0.15, -0.1) is 0 Å². The molecule has 0 bridgehead atoms. The third-order valence-corrected chi connectivity index (χ3v) is 2.71. The van der Waals surface area contributed by atoms with Crippen molar-refractivity contribution >= 4 is 11.6 Å². The number of rotatable bonds is 3. The number of hydrogen-bond donors (Lipinski definition) is 2. The van der Waals surface area contributed by atoms with Crippen LogP contribution in [0.25, 0.3) is 0 Å². The lowest BCUT2D eigenvalue weighted by atomic mass is 10.0. The second kappa shape index (κ2) is 5.04. The lowest BCUT2D eigenvalue weighted by Crippen LogP contribution is -2.10. The molecule has 0 radical (unpaired) electrons. The van der Waals surface area contributed by atoms with Crippen molar-refractivity contribution in [2.75, 3.05) is 5.32 Å². The van der Waals surface area contributed by atoms with Crippen molar-refractivity contribution in [2.24, 2.45) is 0 Å².